The minimum atomic E-state index is -0.259. The van der Waals surface area contributed by atoms with Crippen LogP contribution < -0.4 is 5.73 Å². The lowest BCUT2D eigenvalue weighted by Crippen LogP contribution is -2.26. The number of hydrogen-bond acceptors (Lipinski definition) is 2. The second-order valence-corrected chi connectivity index (χ2v) is 6.99. The van der Waals surface area contributed by atoms with Crippen molar-refractivity contribution < 1.29 is 4.39 Å². The number of anilines is 1. The van der Waals surface area contributed by atoms with Crippen molar-refractivity contribution in [1.82, 2.24) is 9.55 Å². The minimum absolute atomic E-state index is 0.259. The number of rotatable bonds is 4. The number of nitrogens with zero attached hydrogens (tertiary/aromatic N) is 2. The van der Waals surface area contributed by atoms with E-state index in [0.29, 0.717) is 22.8 Å². The number of halogens is 1. The number of imidazole rings is 1. The Kier molecular flexibility index (Phi) is 3.64. The molecule has 0 bridgehead atoms. The maximum absolute atomic E-state index is 13.3. The highest BCUT2D eigenvalue weighted by molar-refractivity contribution is 5.78. The summed E-state index contributed by atoms with van der Waals surface area (Å²) in [5, 5.41) is 0. The molecular formula is C17H24FN3. The molecule has 0 saturated heterocycles. The van der Waals surface area contributed by atoms with E-state index in [-0.39, 0.29) is 5.82 Å². The molecule has 114 valence electrons. The van der Waals surface area contributed by atoms with Crippen molar-refractivity contribution in [3.63, 3.8) is 0 Å². The minimum Gasteiger partial charge on any atom is -0.369 e. The van der Waals surface area contributed by atoms with Gasteiger partial charge in [0.25, 0.3) is 0 Å². The maximum Gasteiger partial charge on any atom is 0.201 e. The average Bonchev–Trinajstić information content (AvgIpc) is 2.95. The summed E-state index contributed by atoms with van der Waals surface area (Å²) in [6.07, 6.45) is 6.33. The van der Waals surface area contributed by atoms with E-state index in [9.17, 15) is 4.39 Å². The number of benzene rings is 1. The topological polar surface area (TPSA) is 43.8 Å². The highest BCUT2D eigenvalue weighted by Crippen LogP contribution is 2.45. The third kappa shape index (κ3) is 2.76. The highest BCUT2D eigenvalue weighted by atomic mass is 19.1. The molecular weight excluding hydrogens is 265 g/mol. The summed E-state index contributed by atoms with van der Waals surface area (Å²) in [4.78, 5) is 4.33. The van der Waals surface area contributed by atoms with Crippen molar-refractivity contribution in [1.29, 1.82) is 0 Å². The zero-order valence-corrected chi connectivity index (χ0v) is 12.9. The van der Waals surface area contributed by atoms with Gasteiger partial charge in [-0.3, -0.25) is 0 Å². The number of nitrogens with two attached hydrogens (primary N) is 1. The zero-order valence-electron chi connectivity index (χ0n) is 12.9. The molecule has 2 aromatic rings. The standard InChI is InChI=1S/C17H24FN3/c1-12(2)10-17(7-3-4-8-17)11-21-15-6-5-13(18)9-14(15)20-16(21)19/h5-6,9,12H,3-4,7-8,10-11H2,1-2H3,(H2,19,20). The van der Waals surface area contributed by atoms with E-state index in [1.54, 1.807) is 6.07 Å². The van der Waals surface area contributed by atoms with Gasteiger partial charge in [0.2, 0.25) is 5.95 Å². The van der Waals surface area contributed by atoms with Crippen LogP contribution in [0.15, 0.2) is 18.2 Å². The Bertz CT molecular complexity index is 639. The van der Waals surface area contributed by atoms with Gasteiger partial charge in [0.15, 0.2) is 0 Å². The van der Waals surface area contributed by atoms with Gasteiger partial charge in [0.05, 0.1) is 11.0 Å². The van der Waals surface area contributed by atoms with Crippen LogP contribution in [0.1, 0.15) is 46.0 Å². The van der Waals surface area contributed by atoms with Gasteiger partial charge in [-0.2, -0.15) is 0 Å². The summed E-state index contributed by atoms with van der Waals surface area (Å²) in [5.41, 5.74) is 8.03. The van der Waals surface area contributed by atoms with Gasteiger partial charge in [-0.1, -0.05) is 26.7 Å². The lowest BCUT2D eigenvalue weighted by Gasteiger charge is -2.32. The number of nitrogen functional groups attached to an aromatic ring is 1. The van der Waals surface area contributed by atoms with Gasteiger partial charge in [0, 0.05) is 12.6 Å². The van der Waals surface area contributed by atoms with Crippen LogP contribution in [0.5, 0.6) is 0 Å². The lowest BCUT2D eigenvalue weighted by molar-refractivity contribution is 0.200. The van der Waals surface area contributed by atoms with E-state index >= 15 is 0 Å². The zero-order chi connectivity index (χ0) is 15.0. The third-order valence-corrected chi connectivity index (χ3v) is 4.74. The van der Waals surface area contributed by atoms with Crippen LogP contribution in [0.3, 0.4) is 0 Å². The first kappa shape index (κ1) is 14.4. The second-order valence-electron chi connectivity index (χ2n) is 6.99. The molecule has 2 N–H and O–H groups in total. The van der Waals surface area contributed by atoms with Gasteiger partial charge in [-0.15, -0.1) is 0 Å². The summed E-state index contributed by atoms with van der Waals surface area (Å²) in [6, 6.07) is 4.75. The van der Waals surface area contributed by atoms with Crippen LogP contribution in [-0.4, -0.2) is 9.55 Å². The summed E-state index contributed by atoms with van der Waals surface area (Å²) in [6.45, 7) is 5.47. The summed E-state index contributed by atoms with van der Waals surface area (Å²) < 4.78 is 15.4. The molecule has 0 aliphatic heterocycles. The molecule has 1 aromatic heterocycles. The van der Waals surface area contributed by atoms with Crippen molar-refractivity contribution in [2.45, 2.75) is 52.5 Å². The quantitative estimate of drug-likeness (QED) is 0.908. The molecule has 1 aliphatic rings. The Labute approximate surface area is 125 Å². The largest absolute Gasteiger partial charge is 0.369 e. The fourth-order valence-electron chi connectivity index (χ4n) is 4.04. The van der Waals surface area contributed by atoms with E-state index in [1.165, 1.54) is 44.2 Å². The van der Waals surface area contributed by atoms with Gasteiger partial charge in [-0.05, 0) is 42.7 Å². The first-order valence-electron chi connectivity index (χ1n) is 7.90. The predicted molar refractivity (Wildman–Crippen MR) is 84.5 cm³/mol. The molecule has 0 atom stereocenters. The third-order valence-electron chi connectivity index (χ3n) is 4.74. The first-order chi connectivity index (χ1) is 9.99. The first-order valence-corrected chi connectivity index (χ1v) is 7.90. The Morgan fingerprint density at radius 1 is 1.33 bits per heavy atom. The molecule has 0 spiro atoms. The molecule has 1 heterocycles. The Morgan fingerprint density at radius 3 is 2.71 bits per heavy atom. The number of hydrogen-bond donors (Lipinski definition) is 1. The van der Waals surface area contributed by atoms with Crippen molar-refractivity contribution in [2.24, 2.45) is 11.3 Å². The van der Waals surface area contributed by atoms with Gasteiger partial charge < -0.3 is 10.3 Å². The normalized spacial score (nSPS) is 17.9. The molecule has 1 saturated carbocycles. The smallest absolute Gasteiger partial charge is 0.201 e. The molecule has 0 unspecified atom stereocenters. The summed E-state index contributed by atoms with van der Waals surface area (Å²) >= 11 is 0. The number of aromatic nitrogens is 2. The fourth-order valence-corrected chi connectivity index (χ4v) is 4.04. The Morgan fingerprint density at radius 2 is 2.05 bits per heavy atom. The van der Waals surface area contributed by atoms with E-state index in [4.69, 9.17) is 5.73 Å². The second kappa shape index (κ2) is 5.32. The van der Waals surface area contributed by atoms with Crippen molar-refractivity contribution in [2.75, 3.05) is 5.73 Å². The van der Waals surface area contributed by atoms with Crippen molar-refractivity contribution >= 4 is 17.0 Å². The predicted octanol–water partition coefficient (Wildman–Crippen LogP) is 4.36. The molecule has 1 aromatic carbocycles. The van der Waals surface area contributed by atoms with E-state index in [2.05, 4.69) is 23.4 Å². The molecule has 1 aliphatic carbocycles. The molecule has 3 nitrogen and oxygen atoms in total. The summed E-state index contributed by atoms with van der Waals surface area (Å²) in [7, 11) is 0. The van der Waals surface area contributed by atoms with Crippen LogP contribution in [0.25, 0.3) is 11.0 Å². The van der Waals surface area contributed by atoms with Gasteiger partial charge in [0.1, 0.15) is 5.82 Å². The van der Waals surface area contributed by atoms with Crippen LogP contribution in [0.4, 0.5) is 10.3 Å². The molecule has 0 radical (unpaired) electrons. The van der Waals surface area contributed by atoms with Crippen LogP contribution in [-0.2, 0) is 6.54 Å². The average molecular weight is 289 g/mol. The molecule has 3 rings (SSSR count). The summed E-state index contributed by atoms with van der Waals surface area (Å²) in [5.74, 6) is 0.923. The molecule has 4 heteroatoms. The van der Waals surface area contributed by atoms with E-state index in [0.717, 1.165) is 12.1 Å². The van der Waals surface area contributed by atoms with E-state index in [1.807, 2.05) is 0 Å². The van der Waals surface area contributed by atoms with E-state index < -0.39 is 0 Å². The van der Waals surface area contributed by atoms with Crippen LogP contribution in [0, 0.1) is 17.2 Å². The van der Waals surface area contributed by atoms with Gasteiger partial charge in [-0.25, -0.2) is 9.37 Å². The molecule has 1 fully saturated rings. The van der Waals surface area contributed by atoms with Gasteiger partial charge >= 0.3 is 0 Å². The Balaban J connectivity index is 1.98. The SMILES string of the molecule is CC(C)CC1(Cn2c(N)nc3cc(F)ccc32)CCCC1. The van der Waals surface area contributed by atoms with Crippen LogP contribution >= 0.6 is 0 Å². The monoisotopic (exact) mass is 289 g/mol. The number of fused-ring (bicyclic) bond motifs is 1. The van der Waals surface area contributed by atoms with Crippen molar-refractivity contribution in [3.05, 3.63) is 24.0 Å². The fraction of sp³-hybridized carbons (Fsp3) is 0.588. The Hall–Kier alpha value is -1.58. The van der Waals surface area contributed by atoms with Crippen molar-refractivity contribution in [3.8, 4) is 0 Å². The maximum atomic E-state index is 13.3. The molecule has 0 amide bonds. The molecule has 21 heavy (non-hydrogen) atoms. The lowest BCUT2D eigenvalue weighted by atomic mass is 9.78. The highest BCUT2D eigenvalue weighted by Gasteiger charge is 2.35. The van der Waals surface area contributed by atoms with Crippen LogP contribution in [0.2, 0.25) is 0 Å².